The fraction of sp³-hybridized carbons (Fsp3) is 0.889. The number of hydrogen-bond donors (Lipinski definition) is 0. The Morgan fingerprint density at radius 1 is 0.450 bits per heavy atom. The van der Waals surface area contributed by atoms with Crippen LogP contribution in [0.25, 0.3) is 0 Å². The second kappa shape index (κ2) is 25.4. The predicted octanol–water partition coefficient (Wildman–Crippen LogP) is 10.1. The van der Waals surface area contributed by atoms with Gasteiger partial charge in [0.15, 0.2) is 0 Å². The third-order valence-electron chi connectivity index (χ3n) is 9.08. The highest BCUT2D eigenvalue weighted by atomic mass is 16.2. The monoisotopic (exact) mass is 563 g/mol. The van der Waals surface area contributed by atoms with Crippen LogP contribution < -0.4 is 0 Å². The number of amides is 2. The normalized spacial score (nSPS) is 14.7. The van der Waals surface area contributed by atoms with Crippen molar-refractivity contribution in [3.8, 4) is 0 Å². The minimum absolute atomic E-state index is 0.0224. The summed E-state index contributed by atoms with van der Waals surface area (Å²) in [6, 6.07) is 0. The zero-order valence-electron chi connectivity index (χ0n) is 28.3. The summed E-state index contributed by atoms with van der Waals surface area (Å²) >= 11 is 0. The van der Waals surface area contributed by atoms with E-state index in [4.69, 9.17) is 0 Å². The quantitative estimate of drug-likeness (QED) is 0.0984. The van der Waals surface area contributed by atoms with E-state index < -0.39 is 0 Å². The summed E-state index contributed by atoms with van der Waals surface area (Å²) in [6.07, 6.45) is 21.9. The molecule has 0 saturated carbocycles. The summed E-state index contributed by atoms with van der Waals surface area (Å²) < 4.78 is 0. The summed E-state index contributed by atoms with van der Waals surface area (Å²) in [5.41, 5.74) is 0. The number of hydrogen-bond acceptors (Lipinski definition) is 2. The molecule has 4 nitrogen and oxygen atoms in total. The molecule has 0 aliphatic rings. The molecule has 0 aromatic carbocycles. The average Bonchev–Trinajstić information content (AvgIpc) is 2.97. The Kier molecular flexibility index (Phi) is 24.6. The Hall–Kier alpha value is -1.32. The molecule has 4 heteroatoms. The van der Waals surface area contributed by atoms with Crippen molar-refractivity contribution in [1.29, 1.82) is 0 Å². The van der Waals surface area contributed by atoms with Crippen LogP contribution >= 0.6 is 0 Å². The van der Waals surface area contributed by atoms with Crippen LogP contribution in [0.4, 0.5) is 0 Å². The SMILES string of the molecule is CCCCC(CC)CN(CC(CC)CCCC)C(=O)C=CC(=O)N(CC(CC)CCCC)CC(CC)CCCC. The van der Waals surface area contributed by atoms with Gasteiger partial charge in [-0.1, -0.05) is 132 Å². The smallest absolute Gasteiger partial charge is 0.246 e. The van der Waals surface area contributed by atoms with E-state index >= 15 is 0 Å². The number of rotatable bonds is 26. The van der Waals surface area contributed by atoms with Gasteiger partial charge < -0.3 is 9.80 Å². The molecule has 0 rings (SSSR count). The van der Waals surface area contributed by atoms with E-state index in [2.05, 4.69) is 65.2 Å². The van der Waals surface area contributed by atoms with Gasteiger partial charge in [-0.15, -0.1) is 0 Å². The molecule has 4 unspecified atom stereocenters. The summed E-state index contributed by atoms with van der Waals surface area (Å²) in [4.78, 5) is 31.4. The maximum absolute atomic E-state index is 13.6. The molecule has 0 N–H and O–H groups in total. The van der Waals surface area contributed by atoms with Crippen LogP contribution in [-0.4, -0.2) is 47.8 Å². The summed E-state index contributed by atoms with van der Waals surface area (Å²) in [7, 11) is 0. The van der Waals surface area contributed by atoms with Gasteiger partial charge in [0.2, 0.25) is 11.8 Å². The molecule has 0 bridgehead atoms. The molecule has 0 aromatic heterocycles. The van der Waals surface area contributed by atoms with E-state index in [1.54, 1.807) is 12.2 Å². The lowest BCUT2D eigenvalue weighted by Crippen LogP contribution is -2.39. The number of carbonyl (C=O) groups is 2. The Balaban J connectivity index is 5.81. The van der Waals surface area contributed by atoms with Gasteiger partial charge in [-0.2, -0.15) is 0 Å². The first-order chi connectivity index (χ1) is 19.3. The molecular weight excluding hydrogens is 492 g/mol. The zero-order chi connectivity index (χ0) is 30.2. The van der Waals surface area contributed by atoms with Crippen molar-refractivity contribution in [2.45, 2.75) is 158 Å². The summed E-state index contributed by atoms with van der Waals surface area (Å²) in [5.74, 6) is 2.16. The first-order valence-corrected chi connectivity index (χ1v) is 17.6. The molecule has 236 valence electrons. The molecule has 4 atom stereocenters. The molecule has 0 aromatic rings. The molecule has 0 radical (unpaired) electrons. The van der Waals surface area contributed by atoms with Crippen molar-refractivity contribution < 1.29 is 9.59 Å². The Bertz CT molecular complexity index is 557. The third kappa shape index (κ3) is 17.5. The van der Waals surface area contributed by atoms with Crippen molar-refractivity contribution in [3.63, 3.8) is 0 Å². The van der Waals surface area contributed by atoms with Crippen LogP contribution in [0.3, 0.4) is 0 Å². The molecule has 40 heavy (non-hydrogen) atoms. The van der Waals surface area contributed by atoms with Crippen molar-refractivity contribution in [3.05, 3.63) is 12.2 Å². The summed E-state index contributed by atoms with van der Waals surface area (Å²) in [6.45, 7) is 21.2. The topological polar surface area (TPSA) is 40.6 Å². The zero-order valence-corrected chi connectivity index (χ0v) is 28.3. The van der Waals surface area contributed by atoms with Crippen LogP contribution in [0, 0.1) is 23.7 Å². The van der Waals surface area contributed by atoms with Crippen molar-refractivity contribution in [1.82, 2.24) is 9.80 Å². The molecule has 0 spiro atoms. The molecule has 0 aliphatic heterocycles. The van der Waals surface area contributed by atoms with Crippen molar-refractivity contribution >= 4 is 11.8 Å². The van der Waals surface area contributed by atoms with E-state index in [-0.39, 0.29) is 11.8 Å². The first-order valence-electron chi connectivity index (χ1n) is 17.6. The third-order valence-corrected chi connectivity index (χ3v) is 9.08. The Morgan fingerprint density at radius 2 is 0.675 bits per heavy atom. The summed E-state index contributed by atoms with van der Waals surface area (Å²) in [5, 5.41) is 0. The number of carbonyl (C=O) groups excluding carboxylic acids is 2. The van der Waals surface area contributed by atoms with E-state index in [0.29, 0.717) is 23.7 Å². The molecule has 0 aliphatic carbocycles. The van der Waals surface area contributed by atoms with E-state index in [1.165, 1.54) is 77.0 Å². The highest BCUT2D eigenvalue weighted by molar-refractivity contribution is 5.96. The van der Waals surface area contributed by atoms with Gasteiger partial charge in [-0.05, 0) is 49.4 Å². The van der Waals surface area contributed by atoms with Crippen LogP contribution in [-0.2, 0) is 9.59 Å². The minimum Gasteiger partial charge on any atom is -0.339 e. The van der Waals surface area contributed by atoms with E-state index in [9.17, 15) is 9.59 Å². The molecule has 0 fully saturated rings. The predicted molar refractivity (Wildman–Crippen MR) is 176 cm³/mol. The van der Waals surface area contributed by atoms with Crippen LogP contribution in [0.15, 0.2) is 12.2 Å². The van der Waals surface area contributed by atoms with Gasteiger partial charge >= 0.3 is 0 Å². The highest BCUT2D eigenvalue weighted by Crippen LogP contribution is 2.21. The van der Waals surface area contributed by atoms with Gasteiger partial charge in [-0.25, -0.2) is 0 Å². The van der Waals surface area contributed by atoms with Crippen LogP contribution in [0.1, 0.15) is 158 Å². The lowest BCUT2D eigenvalue weighted by Gasteiger charge is -2.31. The molecular formula is C36H70N2O2. The van der Waals surface area contributed by atoms with Gasteiger partial charge in [0.05, 0.1) is 0 Å². The first kappa shape index (κ1) is 38.7. The fourth-order valence-corrected chi connectivity index (χ4v) is 5.78. The van der Waals surface area contributed by atoms with E-state index in [0.717, 1.165) is 51.9 Å². The Morgan fingerprint density at radius 3 is 0.850 bits per heavy atom. The number of nitrogens with zero attached hydrogens (tertiary/aromatic N) is 2. The van der Waals surface area contributed by atoms with Gasteiger partial charge in [-0.3, -0.25) is 9.59 Å². The van der Waals surface area contributed by atoms with Crippen LogP contribution in [0.2, 0.25) is 0 Å². The lowest BCUT2D eigenvalue weighted by molar-refractivity contribution is -0.129. The van der Waals surface area contributed by atoms with Crippen LogP contribution in [0.5, 0.6) is 0 Å². The van der Waals surface area contributed by atoms with E-state index in [1.807, 2.05) is 0 Å². The maximum atomic E-state index is 13.6. The molecule has 0 heterocycles. The fourth-order valence-electron chi connectivity index (χ4n) is 5.78. The molecule has 0 saturated heterocycles. The van der Waals surface area contributed by atoms with Gasteiger partial charge in [0.1, 0.15) is 0 Å². The van der Waals surface area contributed by atoms with Crippen molar-refractivity contribution in [2.24, 2.45) is 23.7 Å². The standard InChI is InChI=1S/C36H70N2O2/c1-9-17-21-31(13-5)27-37(28-32(14-6)22-18-10-2)35(39)25-26-36(40)38(29-33(15-7)23-19-11-3)30-34(16-8)24-20-12-4/h25-26,31-34H,9-24,27-30H2,1-8H3. The second-order valence-corrected chi connectivity index (χ2v) is 12.5. The van der Waals surface area contributed by atoms with Crippen molar-refractivity contribution in [2.75, 3.05) is 26.2 Å². The van der Waals surface area contributed by atoms with Gasteiger partial charge in [0, 0.05) is 38.3 Å². The second-order valence-electron chi connectivity index (χ2n) is 12.5. The molecule has 2 amide bonds. The van der Waals surface area contributed by atoms with Gasteiger partial charge in [0.25, 0.3) is 0 Å². The minimum atomic E-state index is 0.0224. The lowest BCUT2D eigenvalue weighted by atomic mass is 9.95. The Labute approximate surface area is 251 Å². The maximum Gasteiger partial charge on any atom is 0.246 e. The average molecular weight is 563 g/mol. The highest BCUT2D eigenvalue weighted by Gasteiger charge is 2.23. The number of unbranched alkanes of at least 4 members (excludes halogenated alkanes) is 4. The largest absolute Gasteiger partial charge is 0.339 e.